The van der Waals surface area contributed by atoms with Crippen LogP contribution in [0.2, 0.25) is 10.0 Å². The van der Waals surface area contributed by atoms with Gasteiger partial charge in [0.1, 0.15) is 6.04 Å². The average Bonchev–Trinajstić information content (AvgIpc) is 3.16. The van der Waals surface area contributed by atoms with Crippen LogP contribution < -0.4 is 9.47 Å². The first-order chi connectivity index (χ1) is 13.4. The summed E-state index contributed by atoms with van der Waals surface area (Å²) in [7, 11) is 1.42. The number of hydrogen-bond acceptors (Lipinski definition) is 5. The fraction of sp³-hybridized carbons (Fsp3) is 0.250. The van der Waals surface area contributed by atoms with Gasteiger partial charge in [0.25, 0.3) is 5.91 Å². The smallest absolute Gasteiger partial charge is 0.334 e. The molecule has 6 nitrogen and oxygen atoms in total. The average molecular weight is 419 g/mol. The number of likely N-dealkylation sites (tertiary alicyclic amines) is 1. The Balaban J connectivity index is 1.80. The minimum absolute atomic E-state index is 0.191. The molecule has 0 aliphatic carbocycles. The quantitative estimate of drug-likeness (QED) is 0.551. The largest absolute Gasteiger partial charge is 0.493 e. The number of nitrogens with zero attached hydrogens (tertiary/aromatic N) is 2. The Kier molecular flexibility index (Phi) is 6.08. The highest BCUT2D eigenvalue weighted by atomic mass is 35.5. The van der Waals surface area contributed by atoms with Crippen LogP contribution in [0.15, 0.2) is 36.4 Å². The third-order valence-corrected chi connectivity index (χ3v) is 4.83. The Morgan fingerprint density at radius 2 is 1.86 bits per heavy atom. The van der Waals surface area contributed by atoms with Crippen molar-refractivity contribution in [1.82, 2.24) is 4.90 Å². The fourth-order valence-electron chi connectivity index (χ4n) is 3.10. The highest BCUT2D eigenvalue weighted by Gasteiger charge is 2.36. The van der Waals surface area contributed by atoms with Crippen molar-refractivity contribution in [2.45, 2.75) is 18.9 Å². The predicted molar refractivity (Wildman–Crippen MR) is 104 cm³/mol. The Hall–Kier alpha value is -2.75. The second kappa shape index (κ2) is 8.51. The molecule has 1 atom stereocenters. The standard InChI is InChI=1S/C20H16Cl2N2O4/c1-27-18-7-12(11-23)4-5-17(18)28-20(26)16-3-2-6-24(16)19(25)13-8-14(21)10-15(22)9-13/h4-5,7-10,16H,2-3,6H2,1H3. The second-order valence-corrected chi connectivity index (χ2v) is 7.09. The van der Waals surface area contributed by atoms with Crippen LogP contribution in [0.5, 0.6) is 11.5 Å². The molecule has 0 saturated carbocycles. The Morgan fingerprint density at radius 1 is 1.14 bits per heavy atom. The Labute approximate surface area is 172 Å². The second-order valence-electron chi connectivity index (χ2n) is 6.21. The zero-order valence-electron chi connectivity index (χ0n) is 14.9. The molecule has 144 valence electrons. The molecule has 1 heterocycles. The third-order valence-electron chi connectivity index (χ3n) is 4.40. The van der Waals surface area contributed by atoms with Crippen molar-refractivity contribution in [2.75, 3.05) is 13.7 Å². The summed E-state index contributed by atoms with van der Waals surface area (Å²) in [5.41, 5.74) is 0.695. The van der Waals surface area contributed by atoms with Gasteiger partial charge in [-0.1, -0.05) is 23.2 Å². The summed E-state index contributed by atoms with van der Waals surface area (Å²) in [6.45, 7) is 0.424. The molecule has 0 bridgehead atoms. The van der Waals surface area contributed by atoms with Crippen LogP contribution in [0, 0.1) is 11.3 Å². The highest BCUT2D eigenvalue weighted by Crippen LogP contribution is 2.30. The predicted octanol–water partition coefficient (Wildman–Crippen LogP) is 4.08. The number of carbonyl (C=O) groups excluding carboxylic acids is 2. The summed E-state index contributed by atoms with van der Waals surface area (Å²) in [5, 5.41) is 9.66. The summed E-state index contributed by atoms with van der Waals surface area (Å²) in [6.07, 6.45) is 1.15. The Bertz CT molecular complexity index is 951. The highest BCUT2D eigenvalue weighted by molar-refractivity contribution is 6.35. The van der Waals surface area contributed by atoms with Crippen LogP contribution in [-0.4, -0.2) is 36.5 Å². The molecule has 28 heavy (non-hydrogen) atoms. The van der Waals surface area contributed by atoms with Gasteiger partial charge in [0, 0.05) is 28.2 Å². The van der Waals surface area contributed by atoms with E-state index in [-0.39, 0.29) is 17.4 Å². The molecule has 0 aromatic heterocycles. The molecule has 1 aliphatic heterocycles. The lowest BCUT2D eigenvalue weighted by atomic mass is 10.1. The van der Waals surface area contributed by atoms with Gasteiger partial charge < -0.3 is 14.4 Å². The third kappa shape index (κ3) is 4.22. The maximum Gasteiger partial charge on any atom is 0.334 e. The van der Waals surface area contributed by atoms with Crippen LogP contribution in [0.4, 0.5) is 0 Å². The van der Waals surface area contributed by atoms with Crippen molar-refractivity contribution in [3.05, 3.63) is 57.6 Å². The molecule has 0 radical (unpaired) electrons. The molecule has 1 unspecified atom stereocenters. The van der Waals surface area contributed by atoms with Crippen LogP contribution >= 0.6 is 23.2 Å². The molecule has 8 heteroatoms. The SMILES string of the molecule is COc1cc(C#N)ccc1OC(=O)C1CCCN1C(=O)c1cc(Cl)cc(Cl)c1. The van der Waals surface area contributed by atoms with E-state index in [9.17, 15) is 9.59 Å². The number of halogens is 2. The van der Waals surface area contributed by atoms with E-state index in [0.717, 1.165) is 0 Å². The van der Waals surface area contributed by atoms with Crippen molar-refractivity contribution >= 4 is 35.1 Å². The lowest BCUT2D eigenvalue weighted by Gasteiger charge is -2.23. The van der Waals surface area contributed by atoms with Crippen molar-refractivity contribution in [2.24, 2.45) is 0 Å². The van der Waals surface area contributed by atoms with Crippen molar-refractivity contribution < 1.29 is 19.1 Å². The number of amides is 1. The molecule has 2 aromatic carbocycles. The van der Waals surface area contributed by atoms with Gasteiger partial charge in [-0.05, 0) is 43.2 Å². The number of carbonyl (C=O) groups is 2. The molecule has 3 rings (SSSR count). The van der Waals surface area contributed by atoms with E-state index in [1.165, 1.54) is 48.4 Å². The molecule has 1 saturated heterocycles. The molecule has 1 amide bonds. The first kappa shape index (κ1) is 20.0. The lowest BCUT2D eigenvalue weighted by molar-refractivity contribution is -0.138. The molecular formula is C20H16Cl2N2O4. The van der Waals surface area contributed by atoms with Crippen LogP contribution in [0.25, 0.3) is 0 Å². The number of benzene rings is 2. The summed E-state index contributed by atoms with van der Waals surface area (Å²) in [6, 6.07) is 10.3. The van der Waals surface area contributed by atoms with E-state index >= 15 is 0 Å². The topological polar surface area (TPSA) is 79.6 Å². The first-order valence-corrected chi connectivity index (χ1v) is 9.25. The maximum absolute atomic E-state index is 12.9. The van der Waals surface area contributed by atoms with Gasteiger partial charge in [-0.15, -0.1) is 0 Å². The maximum atomic E-state index is 12.9. The number of methoxy groups -OCH3 is 1. The summed E-state index contributed by atoms with van der Waals surface area (Å²) in [5.74, 6) is -0.445. The van der Waals surface area contributed by atoms with Crippen molar-refractivity contribution in [3.63, 3.8) is 0 Å². The van der Waals surface area contributed by atoms with Gasteiger partial charge in [-0.25, -0.2) is 4.79 Å². The molecule has 1 aliphatic rings. The molecule has 1 fully saturated rings. The zero-order valence-corrected chi connectivity index (χ0v) is 16.5. The van der Waals surface area contributed by atoms with Gasteiger partial charge in [0.15, 0.2) is 11.5 Å². The number of hydrogen-bond donors (Lipinski definition) is 0. The van der Waals surface area contributed by atoms with Gasteiger partial charge in [-0.2, -0.15) is 5.26 Å². The van der Waals surface area contributed by atoms with Crippen LogP contribution in [-0.2, 0) is 4.79 Å². The van der Waals surface area contributed by atoms with Gasteiger partial charge in [0.2, 0.25) is 0 Å². The van der Waals surface area contributed by atoms with E-state index in [0.29, 0.717) is 40.6 Å². The van der Waals surface area contributed by atoms with Gasteiger partial charge in [-0.3, -0.25) is 4.79 Å². The summed E-state index contributed by atoms with van der Waals surface area (Å²) in [4.78, 5) is 27.1. The zero-order chi connectivity index (χ0) is 20.3. The minimum Gasteiger partial charge on any atom is -0.493 e. The van der Waals surface area contributed by atoms with Crippen LogP contribution in [0.1, 0.15) is 28.8 Å². The fourth-order valence-corrected chi connectivity index (χ4v) is 3.62. The van der Waals surface area contributed by atoms with Crippen molar-refractivity contribution in [3.8, 4) is 17.6 Å². The number of nitriles is 1. The van der Waals surface area contributed by atoms with E-state index < -0.39 is 12.0 Å². The molecular weight excluding hydrogens is 403 g/mol. The monoisotopic (exact) mass is 418 g/mol. The number of esters is 1. The minimum atomic E-state index is -0.731. The van der Waals surface area contributed by atoms with E-state index in [1.807, 2.05) is 6.07 Å². The number of rotatable bonds is 4. The summed E-state index contributed by atoms with van der Waals surface area (Å²) >= 11 is 12.0. The van der Waals surface area contributed by atoms with Crippen LogP contribution in [0.3, 0.4) is 0 Å². The molecule has 0 spiro atoms. The molecule has 2 aromatic rings. The molecule has 0 N–H and O–H groups in total. The number of ether oxygens (including phenoxy) is 2. The first-order valence-electron chi connectivity index (χ1n) is 8.50. The van der Waals surface area contributed by atoms with E-state index in [2.05, 4.69) is 0 Å². The van der Waals surface area contributed by atoms with Gasteiger partial charge in [0.05, 0.1) is 18.7 Å². The van der Waals surface area contributed by atoms with Crippen molar-refractivity contribution in [1.29, 1.82) is 5.26 Å². The van der Waals surface area contributed by atoms with E-state index in [4.69, 9.17) is 37.9 Å². The summed E-state index contributed by atoms with van der Waals surface area (Å²) < 4.78 is 10.6. The lowest BCUT2D eigenvalue weighted by Crippen LogP contribution is -2.42. The normalized spacial score (nSPS) is 15.8. The van der Waals surface area contributed by atoms with E-state index in [1.54, 1.807) is 0 Å². The van der Waals surface area contributed by atoms with Gasteiger partial charge >= 0.3 is 5.97 Å². The Morgan fingerprint density at radius 3 is 2.50 bits per heavy atom.